The first-order valence-electron chi connectivity index (χ1n) is 4.88. The molecule has 3 atom stereocenters. The van der Waals surface area contributed by atoms with Gasteiger partial charge in [0.1, 0.15) is 0 Å². The van der Waals surface area contributed by atoms with Gasteiger partial charge in [-0.1, -0.05) is 39.7 Å². The highest BCUT2D eigenvalue weighted by molar-refractivity contribution is 5.94. The molecule has 0 saturated carbocycles. The molecule has 68 valence electrons. The van der Waals surface area contributed by atoms with Crippen molar-refractivity contribution in [3.05, 3.63) is 12.2 Å². The Morgan fingerprint density at radius 2 is 2.25 bits per heavy atom. The first-order valence-corrected chi connectivity index (χ1v) is 4.88. The van der Waals surface area contributed by atoms with E-state index in [-0.39, 0.29) is 5.92 Å². The predicted molar refractivity (Wildman–Crippen MR) is 50.9 cm³/mol. The van der Waals surface area contributed by atoms with Gasteiger partial charge < -0.3 is 0 Å². The lowest BCUT2D eigenvalue weighted by molar-refractivity contribution is -0.119. The number of hydrogen-bond acceptors (Lipinski definition) is 1. The van der Waals surface area contributed by atoms with Crippen LogP contribution < -0.4 is 0 Å². The molecule has 0 bridgehead atoms. The van der Waals surface area contributed by atoms with E-state index in [9.17, 15) is 4.79 Å². The maximum Gasteiger partial charge on any atom is 0.159 e. The van der Waals surface area contributed by atoms with E-state index >= 15 is 0 Å². The van der Waals surface area contributed by atoms with E-state index in [1.165, 1.54) is 12.8 Å². The Labute approximate surface area is 74.9 Å². The van der Waals surface area contributed by atoms with Gasteiger partial charge in [-0.15, -0.1) is 0 Å². The molecule has 0 aliphatic heterocycles. The SMILES string of the molecule is CCC[C@@H](C)[C@@H]1C(=O)C=C[C@H]1C. The molecule has 1 heteroatoms. The molecule has 0 saturated heterocycles. The van der Waals surface area contributed by atoms with Crippen LogP contribution in [-0.2, 0) is 4.79 Å². The molecule has 0 aromatic rings. The molecule has 0 heterocycles. The quantitative estimate of drug-likeness (QED) is 0.630. The smallest absolute Gasteiger partial charge is 0.159 e. The Morgan fingerprint density at radius 1 is 1.58 bits per heavy atom. The maximum atomic E-state index is 11.4. The van der Waals surface area contributed by atoms with Crippen LogP contribution in [0.25, 0.3) is 0 Å². The molecule has 1 aliphatic rings. The van der Waals surface area contributed by atoms with Crippen LogP contribution in [0.4, 0.5) is 0 Å². The number of ketones is 1. The summed E-state index contributed by atoms with van der Waals surface area (Å²) in [4.78, 5) is 11.4. The first-order chi connectivity index (χ1) is 5.66. The second-order valence-electron chi connectivity index (χ2n) is 3.91. The van der Waals surface area contributed by atoms with Crippen molar-refractivity contribution in [3.63, 3.8) is 0 Å². The number of allylic oxidation sites excluding steroid dienone is 2. The maximum absolute atomic E-state index is 11.4. The van der Waals surface area contributed by atoms with Crippen LogP contribution in [0.1, 0.15) is 33.6 Å². The highest BCUT2D eigenvalue weighted by atomic mass is 16.1. The summed E-state index contributed by atoms with van der Waals surface area (Å²) in [6.45, 7) is 6.50. The van der Waals surface area contributed by atoms with Crippen molar-refractivity contribution in [2.75, 3.05) is 0 Å². The van der Waals surface area contributed by atoms with Gasteiger partial charge in [0.05, 0.1) is 0 Å². The number of rotatable bonds is 3. The minimum Gasteiger partial charge on any atom is -0.295 e. The van der Waals surface area contributed by atoms with Crippen molar-refractivity contribution in [2.24, 2.45) is 17.8 Å². The van der Waals surface area contributed by atoms with E-state index < -0.39 is 0 Å². The molecule has 1 rings (SSSR count). The molecule has 0 N–H and O–H groups in total. The average Bonchev–Trinajstić information content (AvgIpc) is 2.32. The molecule has 1 nitrogen and oxygen atoms in total. The molecule has 0 unspecified atom stereocenters. The number of hydrogen-bond donors (Lipinski definition) is 0. The number of carbonyl (C=O) groups excluding carboxylic acids is 1. The van der Waals surface area contributed by atoms with Crippen LogP contribution >= 0.6 is 0 Å². The van der Waals surface area contributed by atoms with E-state index in [2.05, 4.69) is 20.8 Å². The van der Waals surface area contributed by atoms with Crippen molar-refractivity contribution in [2.45, 2.75) is 33.6 Å². The molecular weight excluding hydrogens is 148 g/mol. The predicted octanol–water partition coefficient (Wildman–Crippen LogP) is 2.81. The fourth-order valence-electron chi connectivity index (χ4n) is 2.17. The molecule has 0 radical (unpaired) electrons. The third-order valence-corrected chi connectivity index (χ3v) is 2.82. The Kier molecular flexibility index (Phi) is 3.07. The van der Waals surface area contributed by atoms with Gasteiger partial charge in [0.2, 0.25) is 0 Å². The minimum atomic E-state index is 0.268. The van der Waals surface area contributed by atoms with Gasteiger partial charge in [-0.3, -0.25) is 4.79 Å². The zero-order valence-electron chi connectivity index (χ0n) is 8.21. The fourth-order valence-corrected chi connectivity index (χ4v) is 2.17. The van der Waals surface area contributed by atoms with Crippen LogP contribution in [0.3, 0.4) is 0 Å². The van der Waals surface area contributed by atoms with Gasteiger partial charge in [0, 0.05) is 5.92 Å². The minimum absolute atomic E-state index is 0.268. The standard InChI is InChI=1S/C11H18O/c1-4-5-8(2)11-9(3)6-7-10(11)12/h6-9,11H,4-5H2,1-3H3/t8-,9-,11+/m1/s1. The van der Waals surface area contributed by atoms with E-state index in [1.54, 1.807) is 6.08 Å². The second kappa shape index (κ2) is 3.88. The lowest BCUT2D eigenvalue weighted by atomic mass is 9.82. The lowest BCUT2D eigenvalue weighted by Gasteiger charge is -2.21. The first kappa shape index (κ1) is 9.50. The van der Waals surface area contributed by atoms with E-state index in [0.717, 1.165) is 0 Å². The van der Waals surface area contributed by atoms with Crippen molar-refractivity contribution in [1.29, 1.82) is 0 Å². The zero-order chi connectivity index (χ0) is 9.14. The third-order valence-electron chi connectivity index (χ3n) is 2.82. The lowest BCUT2D eigenvalue weighted by Crippen LogP contribution is -2.21. The van der Waals surface area contributed by atoms with Crippen LogP contribution in [0.2, 0.25) is 0 Å². The summed E-state index contributed by atoms with van der Waals surface area (Å²) in [5.41, 5.74) is 0. The third kappa shape index (κ3) is 1.77. The van der Waals surface area contributed by atoms with Crippen LogP contribution in [0.15, 0.2) is 12.2 Å². The van der Waals surface area contributed by atoms with Gasteiger partial charge >= 0.3 is 0 Å². The topological polar surface area (TPSA) is 17.1 Å². The Morgan fingerprint density at radius 3 is 2.67 bits per heavy atom. The van der Waals surface area contributed by atoms with Crippen molar-refractivity contribution < 1.29 is 4.79 Å². The van der Waals surface area contributed by atoms with Crippen LogP contribution in [0.5, 0.6) is 0 Å². The van der Waals surface area contributed by atoms with Crippen LogP contribution in [0, 0.1) is 17.8 Å². The number of carbonyl (C=O) groups is 1. The van der Waals surface area contributed by atoms with Gasteiger partial charge in [0.15, 0.2) is 5.78 Å². The highest BCUT2D eigenvalue weighted by Gasteiger charge is 2.30. The molecule has 12 heavy (non-hydrogen) atoms. The molecule has 0 aromatic carbocycles. The summed E-state index contributed by atoms with van der Waals surface area (Å²) < 4.78 is 0. The highest BCUT2D eigenvalue weighted by Crippen LogP contribution is 2.31. The Bertz CT molecular complexity index is 193. The zero-order valence-corrected chi connectivity index (χ0v) is 8.21. The van der Waals surface area contributed by atoms with Crippen molar-refractivity contribution in [3.8, 4) is 0 Å². The molecule has 0 fully saturated rings. The van der Waals surface area contributed by atoms with Gasteiger partial charge in [-0.2, -0.15) is 0 Å². The summed E-state index contributed by atoms with van der Waals surface area (Å²) in [5.74, 6) is 1.61. The summed E-state index contributed by atoms with van der Waals surface area (Å²) in [5, 5.41) is 0. The fraction of sp³-hybridized carbons (Fsp3) is 0.727. The monoisotopic (exact) mass is 166 g/mol. The van der Waals surface area contributed by atoms with Gasteiger partial charge in [-0.05, 0) is 17.9 Å². The molecule has 0 amide bonds. The van der Waals surface area contributed by atoms with Crippen molar-refractivity contribution >= 4 is 5.78 Å². The van der Waals surface area contributed by atoms with Crippen molar-refractivity contribution in [1.82, 2.24) is 0 Å². The Balaban J connectivity index is 2.56. The van der Waals surface area contributed by atoms with E-state index in [4.69, 9.17) is 0 Å². The normalized spacial score (nSPS) is 31.1. The largest absolute Gasteiger partial charge is 0.295 e. The molecule has 0 spiro atoms. The van der Waals surface area contributed by atoms with E-state index in [0.29, 0.717) is 17.6 Å². The summed E-state index contributed by atoms with van der Waals surface area (Å²) in [7, 11) is 0. The van der Waals surface area contributed by atoms with Gasteiger partial charge in [-0.25, -0.2) is 0 Å². The molecule has 1 aliphatic carbocycles. The summed E-state index contributed by atoms with van der Waals surface area (Å²) in [6.07, 6.45) is 6.14. The second-order valence-corrected chi connectivity index (χ2v) is 3.91. The summed E-state index contributed by atoms with van der Waals surface area (Å²) >= 11 is 0. The van der Waals surface area contributed by atoms with Crippen LogP contribution in [-0.4, -0.2) is 5.78 Å². The molecule has 0 aromatic heterocycles. The Hall–Kier alpha value is -0.590. The molecular formula is C11H18O. The van der Waals surface area contributed by atoms with E-state index in [1.807, 2.05) is 6.08 Å². The summed E-state index contributed by atoms with van der Waals surface area (Å²) in [6, 6.07) is 0. The average molecular weight is 166 g/mol. The van der Waals surface area contributed by atoms with Gasteiger partial charge in [0.25, 0.3) is 0 Å².